The Bertz CT molecular complexity index is 675. The van der Waals surface area contributed by atoms with Crippen molar-refractivity contribution < 1.29 is 14.3 Å². The van der Waals surface area contributed by atoms with Gasteiger partial charge in [-0.3, -0.25) is 4.79 Å². The molecule has 0 saturated carbocycles. The van der Waals surface area contributed by atoms with Crippen LogP contribution >= 0.6 is 11.3 Å². The molecule has 108 valence electrons. The van der Waals surface area contributed by atoms with E-state index in [4.69, 9.17) is 5.11 Å². The van der Waals surface area contributed by atoms with Gasteiger partial charge < -0.3 is 10.4 Å². The summed E-state index contributed by atoms with van der Waals surface area (Å²) in [6.07, 6.45) is 1.95. The zero-order chi connectivity index (χ0) is 15.1. The van der Waals surface area contributed by atoms with E-state index in [0.717, 1.165) is 11.1 Å². The molecular formula is C15H13FN2O2S. The molecule has 1 aromatic heterocycles. The van der Waals surface area contributed by atoms with Crippen molar-refractivity contribution in [2.75, 3.05) is 6.61 Å². The monoisotopic (exact) mass is 304 g/mol. The number of aliphatic hydroxyl groups excluding tert-OH is 1. The maximum atomic E-state index is 13.8. The molecule has 0 fully saturated rings. The summed E-state index contributed by atoms with van der Waals surface area (Å²) in [5, 5.41) is 13.9. The number of carbonyl (C=O) groups excluding carboxylic acids is 1. The fourth-order valence-corrected chi connectivity index (χ4v) is 2.13. The standard InChI is InChI=1S/C15H13FN2O2S/c16-13-9-12(5-4-11(13)3-1-2-7-19)15(20)18-10-14-17-6-8-21-14/h4-6,8-9,19H,2,7,10H2,(H,18,20). The minimum absolute atomic E-state index is 0.0636. The van der Waals surface area contributed by atoms with E-state index in [-0.39, 0.29) is 30.1 Å². The first-order chi connectivity index (χ1) is 10.2. The summed E-state index contributed by atoms with van der Waals surface area (Å²) in [6, 6.07) is 4.13. The molecule has 0 aliphatic carbocycles. The minimum atomic E-state index is -0.553. The largest absolute Gasteiger partial charge is 0.395 e. The highest BCUT2D eigenvalue weighted by Gasteiger charge is 2.09. The Balaban J connectivity index is 2.02. The number of hydrogen-bond donors (Lipinski definition) is 2. The Kier molecular flexibility index (Phi) is 5.43. The molecule has 2 N–H and O–H groups in total. The molecule has 1 amide bonds. The van der Waals surface area contributed by atoms with Crippen LogP contribution in [0.25, 0.3) is 0 Å². The smallest absolute Gasteiger partial charge is 0.251 e. The molecule has 0 bridgehead atoms. The average molecular weight is 304 g/mol. The van der Waals surface area contributed by atoms with Crippen LogP contribution in [0.2, 0.25) is 0 Å². The lowest BCUT2D eigenvalue weighted by molar-refractivity contribution is 0.0950. The number of rotatable bonds is 4. The fourth-order valence-electron chi connectivity index (χ4n) is 1.57. The Morgan fingerprint density at radius 1 is 1.48 bits per heavy atom. The maximum absolute atomic E-state index is 13.8. The number of benzene rings is 1. The Hall–Kier alpha value is -2.23. The lowest BCUT2D eigenvalue weighted by atomic mass is 10.1. The van der Waals surface area contributed by atoms with Gasteiger partial charge in [0.15, 0.2) is 0 Å². The second kappa shape index (κ2) is 7.53. The van der Waals surface area contributed by atoms with Crippen molar-refractivity contribution in [2.45, 2.75) is 13.0 Å². The highest BCUT2D eigenvalue weighted by atomic mass is 32.1. The third kappa shape index (κ3) is 4.38. The topological polar surface area (TPSA) is 62.2 Å². The zero-order valence-electron chi connectivity index (χ0n) is 11.1. The number of hydrogen-bond acceptors (Lipinski definition) is 4. The van der Waals surface area contributed by atoms with Crippen LogP contribution in [0.1, 0.15) is 27.3 Å². The normalized spacial score (nSPS) is 9.81. The lowest BCUT2D eigenvalue weighted by Crippen LogP contribution is -2.22. The van der Waals surface area contributed by atoms with E-state index in [1.165, 1.54) is 23.5 Å². The van der Waals surface area contributed by atoms with E-state index in [9.17, 15) is 9.18 Å². The summed E-state index contributed by atoms with van der Waals surface area (Å²) in [5.74, 6) is 4.33. The Morgan fingerprint density at radius 2 is 2.33 bits per heavy atom. The Labute approximate surface area is 125 Å². The van der Waals surface area contributed by atoms with Gasteiger partial charge in [-0.2, -0.15) is 0 Å². The van der Waals surface area contributed by atoms with Crippen LogP contribution in [0.15, 0.2) is 29.8 Å². The van der Waals surface area contributed by atoms with Gasteiger partial charge in [-0.05, 0) is 18.2 Å². The Morgan fingerprint density at radius 3 is 3.00 bits per heavy atom. The molecule has 0 aliphatic heterocycles. The summed E-state index contributed by atoms with van der Waals surface area (Å²) in [6.45, 7) is 0.252. The first kappa shape index (κ1) is 15.2. The quantitative estimate of drug-likeness (QED) is 0.849. The fraction of sp³-hybridized carbons (Fsp3) is 0.200. The van der Waals surface area contributed by atoms with Crippen molar-refractivity contribution in [3.8, 4) is 11.8 Å². The van der Waals surface area contributed by atoms with Gasteiger partial charge >= 0.3 is 0 Å². The van der Waals surface area contributed by atoms with E-state index in [1.54, 1.807) is 6.20 Å². The highest BCUT2D eigenvalue weighted by Crippen LogP contribution is 2.10. The van der Waals surface area contributed by atoms with Gasteiger partial charge in [0.25, 0.3) is 5.91 Å². The van der Waals surface area contributed by atoms with Crippen LogP contribution < -0.4 is 5.32 Å². The van der Waals surface area contributed by atoms with Crippen LogP contribution in [0.5, 0.6) is 0 Å². The summed E-state index contributed by atoms with van der Waals surface area (Å²) >= 11 is 1.44. The molecule has 0 unspecified atom stereocenters. The van der Waals surface area contributed by atoms with E-state index in [0.29, 0.717) is 6.54 Å². The van der Waals surface area contributed by atoms with Crippen molar-refractivity contribution >= 4 is 17.2 Å². The number of nitrogens with one attached hydrogen (secondary N) is 1. The molecule has 21 heavy (non-hydrogen) atoms. The van der Waals surface area contributed by atoms with Crippen LogP contribution in [0.3, 0.4) is 0 Å². The first-order valence-corrected chi connectivity index (χ1v) is 7.14. The number of thiazole rings is 1. The predicted octanol–water partition coefficient (Wildman–Crippen LogP) is 1.95. The molecule has 0 saturated heterocycles. The molecule has 0 radical (unpaired) electrons. The van der Waals surface area contributed by atoms with E-state index in [1.807, 2.05) is 5.38 Å². The molecule has 2 aromatic rings. The van der Waals surface area contributed by atoms with Crippen molar-refractivity contribution in [3.05, 3.63) is 51.7 Å². The molecule has 0 atom stereocenters. The summed E-state index contributed by atoms with van der Waals surface area (Å²) in [5.41, 5.74) is 0.441. The number of aromatic nitrogens is 1. The van der Waals surface area contributed by atoms with Crippen molar-refractivity contribution in [2.24, 2.45) is 0 Å². The number of aliphatic hydroxyl groups is 1. The van der Waals surface area contributed by atoms with E-state index >= 15 is 0 Å². The molecule has 2 rings (SSSR count). The summed E-state index contributed by atoms with van der Waals surface area (Å²) in [7, 11) is 0. The second-order valence-electron chi connectivity index (χ2n) is 4.08. The number of nitrogens with zero attached hydrogens (tertiary/aromatic N) is 1. The molecule has 4 nitrogen and oxygen atoms in total. The molecule has 1 heterocycles. The maximum Gasteiger partial charge on any atom is 0.251 e. The second-order valence-corrected chi connectivity index (χ2v) is 5.06. The van der Waals surface area contributed by atoms with Crippen LogP contribution in [0, 0.1) is 17.7 Å². The lowest BCUT2D eigenvalue weighted by Gasteiger charge is -2.04. The van der Waals surface area contributed by atoms with Gasteiger partial charge in [0.1, 0.15) is 10.8 Å². The number of amides is 1. The summed E-state index contributed by atoms with van der Waals surface area (Å²) < 4.78 is 13.8. The van der Waals surface area contributed by atoms with Gasteiger partial charge in [-0.25, -0.2) is 9.37 Å². The zero-order valence-corrected chi connectivity index (χ0v) is 11.9. The summed E-state index contributed by atoms with van der Waals surface area (Å²) in [4.78, 5) is 15.9. The number of halogens is 1. The third-order valence-electron chi connectivity index (χ3n) is 2.57. The van der Waals surface area contributed by atoms with Crippen molar-refractivity contribution in [3.63, 3.8) is 0 Å². The first-order valence-electron chi connectivity index (χ1n) is 6.26. The van der Waals surface area contributed by atoms with E-state index < -0.39 is 5.82 Å². The van der Waals surface area contributed by atoms with Gasteiger partial charge in [0, 0.05) is 23.6 Å². The highest BCUT2D eigenvalue weighted by molar-refractivity contribution is 7.09. The molecule has 0 aliphatic rings. The third-order valence-corrected chi connectivity index (χ3v) is 3.35. The van der Waals surface area contributed by atoms with E-state index in [2.05, 4.69) is 22.1 Å². The minimum Gasteiger partial charge on any atom is -0.395 e. The van der Waals surface area contributed by atoms with Gasteiger partial charge in [-0.15, -0.1) is 11.3 Å². The van der Waals surface area contributed by atoms with Gasteiger partial charge in [0.05, 0.1) is 18.7 Å². The van der Waals surface area contributed by atoms with Crippen LogP contribution in [-0.4, -0.2) is 22.6 Å². The molecule has 0 spiro atoms. The predicted molar refractivity (Wildman–Crippen MR) is 78.3 cm³/mol. The van der Waals surface area contributed by atoms with Gasteiger partial charge in [-0.1, -0.05) is 11.8 Å². The molecule has 1 aromatic carbocycles. The van der Waals surface area contributed by atoms with Crippen molar-refractivity contribution in [1.29, 1.82) is 0 Å². The van der Waals surface area contributed by atoms with Crippen molar-refractivity contribution in [1.82, 2.24) is 10.3 Å². The SMILES string of the molecule is O=C(NCc1nccs1)c1ccc(C#CCCO)c(F)c1. The van der Waals surface area contributed by atoms with Crippen LogP contribution in [-0.2, 0) is 6.54 Å². The number of carbonyl (C=O) groups is 1. The van der Waals surface area contributed by atoms with Gasteiger partial charge in [0.2, 0.25) is 0 Å². The molecular weight excluding hydrogens is 291 g/mol. The average Bonchev–Trinajstić information content (AvgIpc) is 3.00. The van der Waals surface area contributed by atoms with Crippen LogP contribution in [0.4, 0.5) is 4.39 Å². The molecule has 6 heteroatoms.